The van der Waals surface area contributed by atoms with Crippen molar-refractivity contribution < 1.29 is 14.3 Å². The van der Waals surface area contributed by atoms with Crippen LogP contribution in [0.3, 0.4) is 0 Å². The monoisotopic (exact) mass is 343 g/mol. The zero-order valence-electron chi connectivity index (χ0n) is 11.2. The van der Waals surface area contributed by atoms with Crippen molar-refractivity contribution in [3.63, 3.8) is 0 Å². The Hall–Kier alpha value is -1.63. The molecule has 1 heterocycles. The third-order valence-corrected chi connectivity index (χ3v) is 3.48. The van der Waals surface area contributed by atoms with Crippen LogP contribution in [-0.2, 0) is 4.79 Å². The third kappa shape index (κ3) is 2.92. The van der Waals surface area contributed by atoms with Crippen molar-refractivity contribution in [3.8, 4) is 0 Å². The van der Waals surface area contributed by atoms with Crippen LogP contribution < -0.4 is 5.32 Å². The van der Waals surface area contributed by atoms with Crippen LogP contribution in [0.4, 0.5) is 10.2 Å². The molecule has 7 heteroatoms. The SMILES string of the molecule is CC(C)n1nc(NCCC(=O)O)c2cc(F)c(Br)cc21. The van der Waals surface area contributed by atoms with Crippen LogP contribution in [0.15, 0.2) is 16.6 Å². The molecule has 0 aliphatic carbocycles. The van der Waals surface area contributed by atoms with E-state index in [1.165, 1.54) is 6.07 Å². The Morgan fingerprint density at radius 3 is 2.85 bits per heavy atom. The molecule has 108 valence electrons. The van der Waals surface area contributed by atoms with E-state index in [0.29, 0.717) is 15.7 Å². The number of aliphatic carboxylic acids is 1. The summed E-state index contributed by atoms with van der Waals surface area (Å²) in [7, 11) is 0. The molecule has 1 aromatic heterocycles. The van der Waals surface area contributed by atoms with E-state index in [1.807, 2.05) is 13.8 Å². The molecule has 0 bridgehead atoms. The van der Waals surface area contributed by atoms with Crippen LogP contribution >= 0.6 is 15.9 Å². The van der Waals surface area contributed by atoms with E-state index in [9.17, 15) is 9.18 Å². The molecule has 2 aromatic rings. The van der Waals surface area contributed by atoms with Crippen LogP contribution in [0.25, 0.3) is 10.9 Å². The molecule has 0 radical (unpaired) electrons. The second-order valence-electron chi connectivity index (χ2n) is 4.74. The van der Waals surface area contributed by atoms with Crippen molar-refractivity contribution in [1.82, 2.24) is 9.78 Å². The lowest BCUT2D eigenvalue weighted by Gasteiger charge is -2.06. The third-order valence-electron chi connectivity index (χ3n) is 2.87. The van der Waals surface area contributed by atoms with Crippen LogP contribution in [0.2, 0.25) is 0 Å². The number of nitrogens with zero attached hydrogens (tertiary/aromatic N) is 2. The average molecular weight is 344 g/mol. The minimum atomic E-state index is -0.890. The maximum Gasteiger partial charge on any atom is 0.305 e. The molecule has 0 saturated carbocycles. The van der Waals surface area contributed by atoms with Gasteiger partial charge in [-0.3, -0.25) is 9.48 Å². The van der Waals surface area contributed by atoms with Gasteiger partial charge in [0, 0.05) is 18.0 Å². The maximum absolute atomic E-state index is 13.7. The van der Waals surface area contributed by atoms with Crippen molar-refractivity contribution in [2.45, 2.75) is 26.3 Å². The van der Waals surface area contributed by atoms with Crippen LogP contribution in [0, 0.1) is 5.82 Å². The van der Waals surface area contributed by atoms with Gasteiger partial charge in [0.15, 0.2) is 5.82 Å². The molecular weight excluding hydrogens is 329 g/mol. The van der Waals surface area contributed by atoms with Gasteiger partial charge in [0.25, 0.3) is 0 Å². The van der Waals surface area contributed by atoms with Gasteiger partial charge in [-0.1, -0.05) is 0 Å². The number of carbonyl (C=O) groups is 1. The Labute approximate surface area is 123 Å². The molecule has 0 unspecified atom stereocenters. The summed E-state index contributed by atoms with van der Waals surface area (Å²) in [6, 6.07) is 3.19. The highest BCUT2D eigenvalue weighted by Crippen LogP contribution is 2.30. The lowest BCUT2D eigenvalue weighted by molar-refractivity contribution is -0.136. The summed E-state index contributed by atoms with van der Waals surface area (Å²) in [6.45, 7) is 4.20. The summed E-state index contributed by atoms with van der Waals surface area (Å²) in [5.74, 6) is -0.762. The number of carboxylic acid groups (broad SMARTS) is 1. The molecule has 0 atom stereocenters. The van der Waals surface area contributed by atoms with Gasteiger partial charge in [-0.15, -0.1) is 0 Å². The van der Waals surface area contributed by atoms with Crippen molar-refractivity contribution in [3.05, 3.63) is 22.4 Å². The molecule has 0 fully saturated rings. The van der Waals surface area contributed by atoms with Crippen LogP contribution in [0.5, 0.6) is 0 Å². The largest absolute Gasteiger partial charge is 0.481 e. The zero-order valence-corrected chi connectivity index (χ0v) is 12.7. The average Bonchev–Trinajstić information content (AvgIpc) is 2.68. The van der Waals surface area contributed by atoms with Crippen LogP contribution in [0.1, 0.15) is 26.3 Å². The summed E-state index contributed by atoms with van der Waals surface area (Å²) in [6.07, 6.45) is -0.0188. The van der Waals surface area contributed by atoms with Gasteiger partial charge >= 0.3 is 5.97 Å². The summed E-state index contributed by atoms with van der Waals surface area (Å²) in [4.78, 5) is 10.5. The minimum absolute atomic E-state index is 0.0188. The number of hydrogen-bond acceptors (Lipinski definition) is 3. The number of carboxylic acids is 1. The van der Waals surface area contributed by atoms with E-state index in [1.54, 1.807) is 10.7 Å². The second kappa shape index (κ2) is 5.78. The van der Waals surface area contributed by atoms with E-state index in [4.69, 9.17) is 5.11 Å². The Morgan fingerprint density at radius 2 is 2.25 bits per heavy atom. The van der Waals surface area contributed by atoms with Gasteiger partial charge in [0.2, 0.25) is 0 Å². The number of anilines is 1. The van der Waals surface area contributed by atoms with E-state index in [2.05, 4.69) is 26.3 Å². The second-order valence-corrected chi connectivity index (χ2v) is 5.60. The summed E-state index contributed by atoms with van der Waals surface area (Å²) in [5, 5.41) is 16.6. The molecule has 0 spiro atoms. The topological polar surface area (TPSA) is 67.2 Å². The number of benzene rings is 1. The zero-order chi connectivity index (χ0) is 14.9. The highest BCUT2D eigenvalue weighted by molar-refractivity contribution is 9.10. The number of hydrogen-bond donors (Lipinski definition) is 2. The smallest absolute Gasteiger partial charge is 0.305 e. The van der Waals surface area contributed by atoms with E-state index >= 15 is 0 Å². The number of rotatable bonds is 5. The Bertz CT molecular complexity index is 655. The van der Waals surface area contributed by atoms with Crippen molar-refractivity contribution in [2.24, 2.45) is 0 Å². The van der Waals surface area contributed by atoms with Gasteiger partial charge in [-0.05, 0) is 41.9 Å². The summed E-state index contributed by atoms with van der Waals surface area (Å²) in [5.41, 5.74) is 0.797. The Morgan fingerprint density at radius 1 is 1.55 bits per heavy atom. The molecular formula is C13H15BrFN3O2. The Kier molecular flexibility index (Phi) is 4.27. The first kappa shape index (κ1) is 14.8. The van der Waals surface area contributed by atoms with Crippen molar-refractivity contribution in [2.75, 3.05) is 11.9 Å². The highest BCUT2D eigenvalue weighted by atomic mass is 79.9. The maximum atomic E-state index is 13.7. The van der Waals surface area contributed by atoms with Gasteiger partial charge in [0.05, 0.1) is 16.4 Å². The molecule has 0 amide bonds. The molecule has 2 N–H and O–H groups in total. The Balaban J connectivity index is 2.43. The predicted molar refractivity (Wildman–Crippen MR) is 78.5 cm³/mol. The van der Waals surface area contributed by atoms with Crippen LogP contribution in [-0.4, -0.2) is 27.4 Å². The fraction of sp³-hybridized carbons (Fsp3) is 0.385. The number of nitrogens with one attached hydrogen (secondary N) is 1. The van der Waals surface area contributed by atoms with Gasteiger partial charge in [-0.25, -0.2) is 4.39 Å². The summed E-state index contributed by atoms with van der Waals surface area (Å²) >= 11 is 3.17. The van der Waals surface area contributed by atoms with Gasteiger partial charge in [0.1, 0.15) is 5.82 Å². The molecule has 0 aliphatic rings. The first-order chi connectivity index (χ1) is 9.40. The fourth-order valence-corrected chi connectivity index (χ4v) is 2.27. The molecule has 2 rings (SSSR count). The van der Waals surface area contributed by atoms with Gasteiger partial charge in [-0.2, -0.15) is 5.10 Å². The summed E-state index contributed by atoms with van der Waals surface area (Å²) < 4.78 is 15.8. The lowest BCUT2D eigenvalue weighted by Crippen LogP contribution is -2.09. The number of fused-ring (bicyclic) bond motifs is 1. The number of halogens is 2. The first-order valence-corrected chi connectivity index (χ1v) is 7.02. The van der Waals surface area contributed by atoms with E-state index < -0.39 is 5.97 Å². The molecule has 0 saturated heterocycles. The minimum Gasteiger partial charge on any atom is -0.481 e. The normalized spacial score (nSPS) is 11.2. The quantitative estimate of drug-likeness (QED) is 0.872. The predicted octanol–water partition coefficient (Wildman–Crippen LogP) is 3.41. The fourth-order valence-electron chi connectivity index (χ4n) is 1.94. The molecule has 1 aromatic carbocycles. The van der Waals surface area contributed by atoms with Crippen molar-refractivity contribution >= 4 is 38.6 Å². The highest BCUT2D eigenvalue weighted by Gasteiger charge is 2.15. The molecule has 0 aliphatic heterocycles. The van der Waals surface area contributed by atoms with Crippen molar-refractivity contribution in [1.29, 1.82) is 0 Å². The number of aromatic nitrogens is 2. The van der Waals surface area contributed by atoms with E-state index in [-0.39, 0.29) is 24.8 Å². The first-order valence-electron chi connectivity index (χ1n) is 6.23. The molecule has 20 heavy (non-hydrogen) atoms. The lowest BCUT2D eigenvalue weighted by atomic mass is 10.2. The molecule has 5 nitrogen and oxygen atoms in total. The van der Waals surface area contributed by atoms with Gasteiger partial charge < -0.3 is 10.4 Å². The standard InChI is InChI=1S/C13H15BrFN3O2/c1-7(2)18-11-6-9(14)10(15)5-8(11)13(17-18)16-4-3-12(19)20/h5-7H,3-4H2,1-2H3,(H,16,17)(H,19,20). The van der Waals surface area contributed by atoms with E-state index in [0.717, 1.165) is 5.52 Å².